The first-order valence-electron chi connectivity index (χ1n) is 3.98. The molecule has 1 saturated heterocycles. The maximum atomic E-state index is 11.2. The summed E-state index contributed by atoms with van der Waals surface area (Å²) in [5, 5.41) is 6.32. The van der Waals surface area contributed by atoms with Gasteiger partial charge in [-0.15, -0.1) is 0 Å². The SMILES string of the molecule is O=c1[nH]cnc(NC2CNC2)c1I. The standard InChI is InChI=1S/C7H9IN4O/c8-5-6(10-3-11-7(5)13)12-4-1-9-2-4/h3-4,9H,1-2H2,(H2,10,11,12,13). The lowest BCUT2D eigenvalue weighted by molar-refractivity contribution is 0.470. The van der Waals surface area contributed by atoms with E-state index in [1.807, 2.05) is 22.6 Å². The molecule has 0 spiro atoms. The summed E-state index contributed by atoms with van der Waals surface area (Å²) >= 11 is 1.99. The van der Waals surface area contributed by atoms with Crippen molar-refractivity contribution in [2.45, 2.75) is 6.04 Å². The van der Waals surface area contributed by atoms with Crippen LogP contribution < -0.4 is 16.2 Å². The Labute approximate surface area is 88.5 Å². The number of hydrogen-bond donors (Lipinski definition) is 3. The number of aromatic amines is 1. The first-order chi connectivity index (χ1) is 6.27. The molecule has 1 aromatic rings. The van der Waals surface area contributed by atoms with Crippen molar-refractivity contribution >= 4 is 28.4 Å². The van der Waals surface area contributed by atoms with Crippen LogP contribution in [0.2, 0.25) is 0 Å². The topological polar surface area (TPSA) is 69.8 Å². The van der Waals surface area contributed by atoms with Crippen LogP contribution in [0.25, 0.3) is 0 Å². The predicted octanol–water partition coefficient (Wildman–Crippen LogP) is -0.242. The van der Waals surface area contributed by atoms with Gasteiger partial charge in [0.1, 0.15) is 9.39 Å². The number of anilines is 1. The molecular weight excluding hydrogens is 283 g/mol. The third-order valence-electron chi connectivity index (χ3n) is 1.92. The largest absolute Gasteiger partial charge is 0.364 e. The minimum atomic E-state index is -0.0922. The smallest absolute Gasteiger partial charge is 0.266 e. The molecule has 0 saturated carbocycles. The Morgan fingerprint density at radius 3 is 3.00 bits per heavy atom. The van der Waals surface area contributed by atoms with Crippen LogP contribution in [-0.2, 0) is 0 Å². The third kappa shape index (κ3) is 1.83. The van der Waals surface area contributed by atoms with Crippen LogP contribution in [0.15, 0.2) is 11.1 Å². The van der Waals surface area contributed by atoms with Gasteiger partial charge in [-0.1, -0.05) is 0 Å². The van der Waals surface area contributed by atoms with Crippen LogP contribution in [0.5, 0.6) is 0 Å². The van der Waals surface area contributed by atoms with Gasteiger partial charge in [0.25, 0.3) is 5.56 Å². The van der Waals surface area contributed by atoms with Gasteiger partial charge in [-0.05, 0) is 22.6 Å². The maximum Gasteiger partial charge on any atom is 0.266 e. The van der Waals surface area contributed by atoms with E-state index in [1.165, 1.54) is 6.33 Å². The Kier molecular flexibility index (Phi) is 2.49. The number of aromatic nitrogens is 2. The molecule has 0 atom stereocenters. The van der Waals surface area contributed by atoms with Crippen LogP contribution >= 0.6 is 22.6 Å². The Morgan fingerprint density at radius 2 is 2.38 bits per heavy atom. The van der Waals surface area contributed by atoms with E-state index in [9.17, 15) is 4.79 Å². The molecule has 0 amide bonds. The van der Waals surface area contributed by atoms with E-state index in [4.69, 9.17) is 0 Å². The second-order valence-corrected chi connectivity index (χ2v) is 3.97. The minimum absolute atomic E-state index is 0.0922. The van der Waals surface area contributed by atoms with Crippen molar-refractivity contribution in [2.75, 3.05) is 18.4 Å². The van der Waals surface area contributed by atoms with Crippen LogP contribution in [0.3, 0.4) is 0 Å². The zero-order chi connectivity index (χ0) is 9.26. The molecule has 1 aliphatic heterocycles. The van der Waals surface area contributed by atoms with Gasteiger partial charge >= 0.3 is 0 Å². The van der Waals surface area contributed by atoms with Crippen molar-refractivity contribution in [3.05, 3.63) is 20.3 Å². The summed E-state index contributed by atoms with van der Waals surface area (Å²) in [5.41, 5.74) is -0.0922. The Morgan fingerprint density at radius 1 is 1.62 bits per heavy atom. The highest BCUT2D eigenvalue weighted by Gasteiger charge is 2.18. The van der Waals surface area contributed by atoms with Crippen molar-refractivity contribution in [3.63, 3.8) is 0 Å². The summed E-state index contributed by atoms with van der Waals surface area (Å²) in [6.45, 7) is 1.87. The quantitative estimate of drug-likeness (QED) is 0.658. The van der Waals surface area contributed by atoms with Crippen LogP contribution in [0.4, 0.5) is 5.82 Å². The average Bonchev–Trinajstić information content (AvgIpc) is 2.04. The molecule has 5 nitrogen and oxygen atoms in total. The van der Waals surface area contributed by atoms with Gasteiger partial charge in [-0.2, -0.15) is 0 Å². The van der Waals surface area contributed by atoms with Crippen molar-refractivity contribution in [1.82, 2.24) is 15.3 Å². The molecule has 70 valence electrons. The van der Waals surface area contributed by atoms with Crippen molar-refractivity contribution in [2.24, 2.45) is 0 Å². The first-order valence-corrected chi connectivity index (χ1v) is 5.05. The average molecular weight is 292 g/mol. The Bertz CT molecular complexity index is 360. The number of nitrogens with one attached hydrogen (secondary N) is 3. The maximum absolute atomic E-state index is 11.2. The lowest BCUT2D eigenvalue weighted by Gasteiger charge is -2.28. The molecule has 0 aromatic carbocycles. The molecule has 2 heterocycles. The molecule has 1 aromatic heterocycles. The Balaban J connectivity index is 2.19. The number of halogens is 1. The molecular formula is C7H9IN4O. The fourth-order valence-electron chi connectivity index (χ4n) is 1.07. The fourth-order valence-corrected chi connectivity index (χ4v) is 1.52. The van der Waals surface area contributed by atoms with Gasteiger partial charge in [0.15, 0.2) is 0 Å². The summed E-state index contributed by atoms with van der Waals surface area (Å²) < 4.78 is 0.618. The highest BCUT2D eigenvalue weighted by atomic mass is 127. The van der Waals surface area contributed by atoms with Gasteiger partial charge in [-0.25, -0.2) is 4.98 Å². The molecule has 0 unspecified atom stereocenters. The van der Waals surface area contributed by atoms with E-state index in [0.29, 0.717) is 15.4 Å². The molecule has 13 heavy (non-hydrogen) atoms. The van der Waals surface area contributed by atoms with Gasteiger partial charge in [-0.3, -0.25) is 4.79 Å². The van der Waals surface area contributed by atoms with Gasteiger partial charge in [0.2, 0.25) is 0 Å². The molecule has 6 heteroatoms. The van der Waals surface area contributed by atoms with E-state index in [0.717, 1.165) is 13.1 Å². The zero-order valence-electron chi connectivity index (χ0n) is 6.80. The predicted molar refractivity (Wildman–Crippen MR) is 57.9 cm³/mol. The van der Waals surface area contributed by atoms with E-state index >= 15 is 0 Å². The number of nitrogens with zero attached hydrogens (tertiary/aromatic N) is 1. The lowest BCUT2D eigenvalue weighted by Crippen LogP contribution is -2.51. The fraction of sp³-hybridized carbons (Fsp3) is 0.429. The van der Waals surface area contributed by atoms with E-state index in [1.54, 1.807) is 0 Å². The number of H-pyrrole nitrogens is 1. The van der Waals surface area contributed by atoms with Crippen LogP contribution in [-0.4, -0.2) is 29.1 Å². The highest BCUT2D eigenvalue weighted by Crippen LogP contribution is 2.11. The highest BCUT2D eigenvalue weighted by molar-refractivity contribution is 14.1. The van der Waals surface area contributed by atoms with E-state index < -0.39 is 0 Å². The monoisotopic (exact) mass is 292 g/mol. The summed E-state index contributed by atoms with van der Waals surface area (Å²) in [6, 6.07) is 0.405. The molecule has 1 fully saturated rings. The molecule has 3 N–H and O–H groups in total. The summed E-state index contributed by atoms with van der Waals surface area (Å²) in [4.78, 5) is 17.7. The van der Waals surface area contributed by atoms with Crippen LogP contribution in [0, 0.1) is 3.57 Å². The minimum Gasteiger partial charge on any atom is -0.364 e. The van der Waals surface area contributed by atoms with Gasteiger partial charge in [0.05, 0.1) is 12.4 Å². The molecule has 0 aliphatic carbocycles. The van der Waals surface area contributed by atoms with Gasteiger partial charge in [0, 0.05) is 13.1 Å². The van der Waals surface area contributed by atoms with Crippen molar-refractivity contribution in [1.29, 1.82) is 0 Å². The molecule has 0 radical (unpaired) electrons. The normalized spacial score (nSPS) is 16.7. The Hall–Kier alpha value is -0.630. The van der Waals surface area contributed by atoms with Crippen LogP contribution in [0.1, 0.15) is 0 Å². The third-order valence-corrected chi connectivity index (χ3v) is 2.92. The number of hydrogen-bond acceptors (Lipinski definition) is 4. The van der Waals surface area contributed by atoms with Gasteiger partial charge < -0.3 is 15.6 Å². The molecule has 0 bridgehead atoms. The van der Waals surface area contributed by atoms with Crippen molar-refractivity contribution < 1.29 is 0 Å². The molecule has 1 aliphatic rings. The van der Waals surface area contributed by atoms with E-state index in [-0.39, 0.29) is 5.56 Å². The van der Waals surface area contributed by atoms with E-state index in [2.05, 4.69) is 20.6 Å². The second kappa shape index (κ2) is 3.62. The summed E-state index contributed by atoms with van der Waals surface area (Å²) in [5.74, 6) is 0.677. The van der Waals surface area contributed by atoms with Crippen molar-refractivity contribution in [3.8, 4) is 0 Å². The zero-order valence-corrected chi connectivity index (χ0v) is 8.96. The lowest BCUT2D eigenvalue weighted by atomic mass is 10.2. The first kappa shape index (κ1) is 8.95. The second-order valence-electron chi connectivity index (χ2n) is 2.89. The summed E-state index contributed by atoms with van der Waals surface area (Å²) in [6.07, 6.45) is 1.42. The number of rotatable bonds is 2. The summed E-state index contributed by atoms with van der Waals surface area (Å²) in [7, 11) is 0. The molecule has 2 rings (SSSR count).